The van der Waals surface area contributed by atoms with Crippen LogP contribution in [0.15, 0.2) is 71.6 Å². The number of phenols is 2. The first-order valence-electron chi connectivity index (χ1n) is 9.64. The maximum absolute atomic E-state index is 12.7. The molecule has 0 bridgehead atoms. The number of benzene rings is 3. The molecule has 0 amide bonds. The fourth-order valence-electron chi connectivity index (χ4n) is 3.15. The number of rotatable bonds is 8. The Morgan fingerprint density at radius 1 is 0.828 bits per heavy atom. The minimum absolute atomic E-state index is 0.0444. The van der Waals surface area contributed by atoms with E-state index >= 15 is 0 Å². The highest BCUT2D eigenvalue weighted by Gasteiger charge is 2.19. The van der Waals surface area contributed by atoms with Crippen LogP contribution in [-0.2, 0) is 16.4 Å². The van der Waals surface area contributed by atoms with Crippen molar-refractivity contribution in [2.24, 2.45) is 0 Å². The van der Waals surface area contributed by atoms with Gasteiger partial charge in [0, 0.05) is 0 Å². The molecule has 3 N–H and O–H groups in total. The van der Waals surface area contributed by atoms with Gasteiger partial charge in [0.15, 0.2) is 0 Å². The SMILES string of the molecule is CCCCCc1cc(O)c(NS(=O)(=O)c2ccc(-c3ccccc3)cc2)c(O)c1. The van der Waals surface area contributed by atoms with Gasteiger partial charge in [-0.25, -0.2) is 8.42 Å². The normalized spacial score (nSPS) is 11.3. The molecule has 6 heteroatoms. The van der Waals surface area contributed by atoms with E-state index in [9.17, 15) is 18.6 Å². The maximum Gasteiger partial charge on any atom is 0.262 e. The van der Waals surface area contributed by atoms with E-state index in [1.807, 2.05) is 30.3 Å². The molecule has 0 aliphatic heterocycles. The van der Waals surface area contributed by atoms with Crippen LogP contribution in [0.5, 0.6) is 11.5 Å². The number of aromatic hydroxyl groups is 2. The smallest absolute Gasteiger partial charge is 0.262 e. The predicted molar refractivity (Wildman–Crippen MR) is 116 cm³/mol. The fraction of sp³-hybridized carbons (Fsp3) is 0.217. The molecule has 0 aliphatic rings. The molecule has 0 atom stereocenters. The summed E-state index contributed by atoms with van der Waals surface area (Å²) in [4.78, 5) is 0.0444. The van der Waals surface area contributed by atoms with E-state index in [4.69, 9.17) is 0 Å². The first-order valence-corrected chi connectivity index (χ1v) is 11.1. The average molecular weight is 412 g/mol. The maximum atomic E-state index is 12.7. The van der Waals surface area contributed by atoms with Gasteiger partial charge in [-0.2, -0.15) is 0 Å². The van der Waals surface area contributed by atoms with Crippen LogP contribution >= 0.6 is 0 Å². The van der Waals surface area contributed by atoms with Gasteiger partial charge in [0.2, 0.25) is 0 Å². The molecule has 0 fully saturated rings. The third-order valence-corrected chi connectivity index (χ3v) is 6.10. The van der Waals surface area contributed by atoms with Gasteiger partial charge >= 0.3 is 0 Å². The van der Waals surface area contributed by atoms with Crippen molar-refractivity contribution in [3.05, 3.63) is 72.3 Å². The van der Waals surface area contributed by atoms with Crippen LogP contribution in [0.1, 0.15) is 31.7 Å². The number of anilines is 1. The largest absolute Gasteiger partial charge is 0.506 e. The molecule has 3 aromatic rings. The average Bonchev–Trinajstić information content (AvgIpc) is 2.72. The standard InChI is InChI=1S/C23H25NO4S/c1-2-3-5-8-17-15-21(25)23(22(26)16-17)24-29(27,28)20-13-11-19(12-14-20)18-9-6-4-7-10-18/h4,6-7,9-16,24-26H,2-3,5,8H2,1H3. The summed E-state index contributed by atoms with van der Waals surface area (Å²) < 4.78 is 27.7. The lowest BCUT2D eigenvalue weighted by atomic mass is 10.1. The van der Waals surface area contributed by atoms with Crippen molar-refractivity contribution in [2.45, 2.75) is 37.5 Å². The summed E-state index contributed by atoms with van der Waals surface area (Å²) in [6, 6.07) is 19.1. The van der Waals surface area contributed by atoms with Gasteiger partial charge in [0.1, 0.15) is 17.2 Å². The summed E-state index contributed by atoms with van der Waals surface area (Å²) in [6.07, 6.45) is 3.77. The summed E-state index contributed by atoms with van der Waals surface area (Å²) in [6.45, 7) is 2.10. The number of sulfonamides is 1. The van der Waals surface area contributed by atoms with E-state index in [0.29, 0.717) is 6.42 Å². The lowest BCUT2D eigenvalue weighted by Gasteiger charge is -2.13. The Bertz CT molecular complexity index is 1040. The molecule has 0 aliphatic carbocycles. The van der Waals surface area contributed by atoms with Gasteiger partial charge in [-0.1, -0.05) is 62.2 Å². The summed E-state index contributed by atoms with van der Waals surface area (Å²) in [5, 5.41) is 20.5. The Morgan fingerprint density at radius 3 is 2.00 bits per heavy atom. The molecule has 0 saturated heterocycles. The van der Waals surface area contributed by atoms with E-state index in [0.717, 1.165) is 36.0 Å². The first-order chi connectivity index (χ1) is 13.9. The Labute approximate surface area is 171 Å². The Morgan fingerprint density at radius 2 is 1.41 bits per heavy atom. The summed E-state index contributed by atoms with van der Waals surface area (Å²) in [5.41, 5.74) is 2.44. The van der Waals surface area contributed by atoms with Crippen LogP contribution in [-0.4, -0.2) is 18.6 Å². The van der Waals surface area contributed by atoms with Gasteiger partial charge in [-0.3, -0.25) is 4.72 Å². The molecule has 0 aromatic heterocycles. The van der Waals surface area contributed by atoms with Crippen molar-refractivity contribution in [2.75, 3.05) is 4.72 Å². The number of unbranched alkanes of at least 4 members (excludes halogenated alkanes) is 2. The second kappa shape index (κ2) is 9.01. The van der Waals surface area contributed by atoms with E-state index < -0.39 is 10.0 Å². The third-order valence-electron chi connectivity index (χ3n) is 4.73. The van der Waals surface area contributed by atoms with Crippen molar-refractivity contribution < 1.29 is 18.6 Å². The number of phenolic OH excluding ortho intramolecular Hbond substituents is 2. The molecule has 0 saturated carbocycles. The van der Waals surface area contributed by atoms with Crippen LogP contribution in [0.4, 0.5) is 5.69 Å². The van der Waals surface area contributed by atoms with Crippen LogP contribution in [0.25, 0.3) is 11.1 Å². The van der Waals surface area contributed by atoms with Gasteiger partial charge < -0.3 is 10.2 Å². The van der Waals surface area contributed by atoms with Crippen molar-refractivity contribution in [3.63, 3.8) is 0 Å². The molecule has 29 heavy (non-hydrogen) atoms. The van der Waals surface area contributed by atoms with Gasteiger partial charge in [0.25, 0.3) is 10.0 Å². The molecule has 0 radical (unpaired) electrons. The third kappa shape index (κ3) is 5.09. The van der Waals surface area contributed by atoms with Crippen LogP contribution in [0.3, 0.4) is 0 Å². The van der Waals surface area contributed by atoms with Gasteiger partial charge in [-0.05, 0) is 53.8 Å². The molecule has 0 unspecified atom stereocenters. The highest BCUT2D eigenvalue weighted by atomic mass is 32.2. The molecular formula is C23H25NO4S. The summed E-state index contributed by atoms with van der Waals surface area (Å²) >= 11 is 0. The molecule has 152 valence electrons. The molecule has 5 nitrogen and oxygen atoms in total. The van der Waals surface area contributed by atoms with Crippen LogP contribution in [0, 0.1) is 0 Å². The van der Waals surface area contributed by atoms with Crippen molar-refractivity contribution >= 4 is 15.7 Å². The zero-order chi connectivity index (χ0) is 20.9. The van der Waals surface area contributed by atoms with Crippen molar-refractivity contribution in [1.29, 1.82) is 0 Å². The van der Waals surface area contributed by atoms with Crippen molar-refractivity contribution in [3.8, 4) is 22.6 Å². The lowest BCUT2D eigenvalue weighted by molar-refractivity contribution is 0.453. The predicted octanol–water partition coefficient (Wildman–Crippen LogP) is 5.30. The van der Waals surface area contributed by atoms with Gasteiger partial charge in [0.05, 0.1) is 4.90 Å². The zero-order valence-corrected chi connectivity index (χ0v) is 17.1. The number of hydrogen-bond acceptors (Lipinski definition) is 4. The second-order valence-corrected chi connectivity index (χ2v) is 8.64. The fourth-order valence-corrected chi connectivity index (χ4v) is 4.24. The lowest BCUT2D eigenvalue weighted by Crippen LogP contribution is -2.13. The number of hydrogen-bond donors (Lipinski definition) is 3. The monoisotopic (exact) mass is 411 g/mol. The van der Waals surface area contributed by atoms with E-state index in [1.54, 1.807) is 12.1 Å². The minimum atomic E-state index is -3.96. The summed E-state index contributed by atoms with van der Waals surface area (Å²) in [7, 11) is -3.96. The minimum Gasteiger partial charge on any atom is -0.506 e. The second-order valence-electron chi connectivity index (χ2n) is 6.96. The molecule has 3 aromatic carbocycles. The quantitative estimate of drug-likeness (QED) is 0.347. The highest BCUT2D eigenvalue weighted by Crippen LogP contribution is 2.36. The Kier molecular flexibility index (Phi) is 6.44. The molecule has 3 rings (SSSR count). The topological polar surface area (TPSA) is 86.6 Å². The van der Waals surface area contributed by atoms with E-state index in [-0.39, 0.29) is 22.1 Å². The first kappa shape index (κ1) is 20.7. The number of aryl methyl sites for hydroxylation is 1. The molecular weight excluding hydrogens is 386 g/mol. The van der Waals surface area contributed by atoms with E-state index in [2.05, 4.69) is 11.6 Å². The molecule has 0 spiro atoms. The van der Waals surface area contributed by atoms with E-state index in [1.165, 1.54) is 24.3 Å². The molecule has 0 heterocycles. The highest BCUT2D eigenvalue weighted by molar-refractivity contribution is 7.92. The Hall–Kier alpha value is -2.99. The van der Waals surface area contributed by atoms with Crippen LogP contribution in [0.2, 0.25) is 0 Å². The number of nitrogens with one attached hydrogen (secondary N) is 1. The zero-order valence-electron chi connectivity index (χ0n) is 16.3. The van der Waals surface area contributed by atoms with Crippen molar-refractivity contribution in [1.82, 2.24) is 0 Å². The van der Waals surface area contributed by atoms with Crippen LogP contribution < -0.4 is 4.72 Å². The van der Waals surface area contributed by atoms with Gasteiger partial charge in [-0.15, -0.1) is 0 Å². The summed E-state index contributed by atoms with van der Waals surface area (Å²) in [5.74, 6) is -0.582. The Balaban J connectivity index is 1.80.